The molecule has 0 bridgehead atoms. The number of hydrogen-bond acceptors (Lipinski definition) is 4. The molecule has 0 spiro atoms. The van der Waals surface area contributed by atoms with Crippen LogP contribution in [-0.4, -0.2) is 33.5 Å². The number of benzene rings is 1. The molecule has 1 rings (SSSR count). The summed E-state index contributed by atoms with van der Waals surface area (Å²) in [5.74, 6) is 0.132. The number of hydrogen-bond donors (Lipinski definition) is 2. The highest BCUT2D eigenvalue weighted by molar-refractivity contribution is 9.10. The van der Waals surface area contributed by atoms with E-state index in [1.54, 1.807) is 31.8 Å². The molecule has 1 aromatic carbocycles. The average Bonchev–Trinajstić information content (AvgIpc) is 2.39. The molecule has 120 valence electrons. The van der Waals surface area contributed by atoms with Gasteiger partial charge in [-0.25, -0.2) is 17.5 Å². The van der Waals surface area contributed by atoms with Crippen LogP contribution in [-0.2, 0) is 16.6 Å². The van der Waals surface area contributed by atoms with Crippen LogP contribution in [0.1, 0.15) is 18.9 Å². The van der Waals surface area contributed by atoms with E-state index in [1.807, 2.05) is 6.26 Å². The third-order valence-corrected chi connectivity index (χ3v) is 5.54. The summed E-state index contributed by atoms with van der Waals surface area (Å²) in [5.41, 5.74) is 0.309. The first-order chi connectivity index (χ1) is 9.81. The highest BCUT2D eigenvalue weighted by Crippen LogP contribution is 2.24. The van der Waals surface area contributed by atoms with Crippen molar-refractivity contribution in [1.82, 2.24) is 10.0 Å². The van der Waals surface area contributed by atoms with Gasteiger partial charge < -0.3 is 5.32 Å². The average molecular weight is 399 g/mol. The van der Waals surface area contributed by atoms with Gasteiger partial charge in [-0.15, -0.1) is 0 Å². The predicted octanol–water partition coefficient (Wildman–Crippen LogP) is 2.73. The first kappa shape index (κ1) is 18.9. The molecule has 0 aliphatic carbocycles. The van der Waals surface area contributed by atoms with Crippen molar-refractivity contribution in [1.29, 1.82) is 0 Å². The highest BCUT2D eigenvalue weighted by atomic mass is 79.9. The van der Waals surface area contributed by atoms with Gasteiger partial charge in [0.2, 0.25) is 10.0 Å². The molecule has 0 saturated carbocycles. The monoisotopic (exact) mass is 398 g/mol. The summed E-state index contributed by atoms with van der Waals surface area (Å²) in [5, 5.41) is 2.82. The van der Waals surface area contributed by atoms with Crippen molar-refractivity contribution in [3.63, 3.8) is 0 Å². The fourth-order valence-electron chi connectivity index (χ4n) is 1.81. The van der Waals surface area contributed by atoms with E-state index in [9.17, 15) is 12.8 Å². The van der Waals surface area contributed by atoms with Crippen LogP contribution in [0.5, 0.6) is 0 Å². The van der Waals surface area contributed by atoms with Crippen LogP contribution in [0.4, 0.5) is 4.39 Å². The van der Waals surface area contributed by atoms with E-state index in [0.29, 0.717) is 16.5 Å². The minimum absolute atomic E-state index is 0.242. The van der Waals surface area contributed by atoms with Crippen molar-refractivity contribution in [3.05, 3.63) is 28.0 Å². The molecule has 0 heterocycles. The summed E-state index contributed by atoms with van der Waals surface area (Å²) >= 11 is 4.87. The fourth-order valence-corrected chi connectivity index (χ4v) is 4.48. The Bertz CT molecular complexity index is 582. The Kier molecular flexibility index (Phi) is 7.63. The zero-order chi connectivity index (χ0) is 16.0. The highest BCUT2D eigenvalue weighted by Gasteiger charge is 2.23. The molecular formula is C13H20BrFN2O2S2. The minimum Gasteiger partial charge on any atom is -0.316 e. The molecule has 1 aromatic rings. The third-order valence-electron chi connectivity index (χ3n) is 2.85. The van der Waals surface area contributed by atoms with Crippen LogP contribution in [0.25, 0.3) is 0 Å². The fraction of sp³-hybridized carbons (Fsp3) is 0.538. The molecule has 0 radical (unpaired) electrons. The van der Waals surface area contributed by atoms with Crippen LogP contribution in [0.3, 0.4) is 0 Å². The van der Waals surface area contributed by atoms with Crippen LogP contribution in [0.2, 0.25) is 0 Å². The van der Waals surface area contributed by atoms with Crippen molar-refractivity contribution < 1.29 is 12.8 Å². The number of sulfonamides is 1. The minimum atomic E-state index is -3.88. The van der Waals surface area contributed by atoms with Gasteiger partial charge in [-0.1, -0.05) is 15.9 Å². The Hall–Kier alpha value is -0.150. The Morgan fingerprint density at radius 2 is 2.10 bits per heavy atom. The second-order valence-electron chi connectivity index (χ2n) is 4.71. The van der Waals surface area contributed by atoms with E-state index >= 15 is 0 Å². The number of nitrogens with one attached hydrogen (secondary N) is 2. The van der Waals surface area contributed by atoms with E-state index in [-0.39, 0.29) is 17.5 Å². The van der Waals surface area contributed by atoms with Crippen LogP contribution in [0, 0.1) is 5.82 Å². The zero-order valence-corrected chi connectivity index (χ0v) is 15.5. The summed E-state index contributed by atoms with van der Waals surface area (Å²) < 4.78 is 42.1. The molecule has 4 nitrogen and oxygen atoms in total. The van der Waals surface area contributed by atoms with Crippen molar-refractivity contribution in [2.24, 2.45) is 0 Å². The largest absolute Gasteiger partial charge is 0.316 e. The van der Waals surface area contributed by atoms with Gasteiger partial charge in [0.1, 0.15) is 10.7 Å². The maximum atomic E-state index is 14.4. The van der Waals surface area contributed by atoms with E-state index in [2.05, 4.69) is 26.0 Å². The maximum absolute atomic E-state index is 14.4. The molecule has 2 N–H and O–H groups in total. The lowest BCUT2D eigenvalue weighted by Crippen LogP contribution is -2.33. The summed E-state index contributed by atoms with van der Waals surface area (Å²) in [6.07, 6.45) is 2.65. The van der Waals surface area contributed by atoms with Crippen LogP contribution >= 0.6 is 27.7 Å². The quantitative estimate of drug-likeness (QED) is 0.706. The topological polar surface area (TPSA) is 58.2 Å². The van der Waals surface area contributed by atoms with Crippen molar-refractivity contribution in [2.45, 2.75) is 30.8 Å². The summed E-state index contributed by atoms with van der Waals surface area (Å²) in [6.45, 7) is 2.04. The second kappa shape index (κ2) is 8.47. The molecule has 0 amide bonds. The molecule has 1 atom stereocenters. The third kappa shape index (κ3) is 5.52. The summed E-state index contributed by atoms with van der Waals surface area (Å²) in [6, 6.07) is 2.62. The van der Waals surface area contributed by atoms with Gasteiger partial charge in [-0.05, 0) is 44.5 Å². The normalized spacial score (nSPS) is 13.4. The van der Waals surface area contributed by atoms with Gasteiger partial charge in [0, 0.05) is 22.6 Å². The van der Waals surface area contributed by atoms with E-state index in [0.717, 1.165) is 5.75 Å². The Morgan fingerprint density at radius 1 is 1.43 bits per heavy atom. The Morgan fingerprint density at radius 3 is 2.67 bits per heavy atom. The Balaban J connectivity index is 3.07. The molecule has 0 aliphatic heterocycles. The second-order valence-corrected chi connectivity index (χ2v) is 8.29. The van der Waals surface area contributed by atoms with Gasteiger partial charge in [0.15, 0.2) is 0 Å². The lowest BCUT2D eigenvalue weighted by Gasteiger charge is -2.15. The standard InChI is InChI=1S/C13H20BrFN2O2S2/c1-9(4-5-20-3)17-21(18,19)12-7-11(14)6-10(8-16-2)13(12)15/h6-7,9,16-17H,4-5,8H2,1-3H3. The van der Waals surface area contributed by atoms with Gasteiger partial charge in [-0.3, -0.25) is 0 Å². The molecule has 0 fully saturated rings. The SMILES string of the molecule is CNCc1cc(Br)cc(S(=O)(=O)NC(C)CCSC)c1F. The number of halogens is 2. The molecule has 1 unspecified atom stereocenters. The van der Waals surface area contributed by atoms with Gasteiger partial charge in [0.25, 0.3) is 0 Å². The first-order valence-electron chi connectivity index (χ1n) is 6.45. The number of rotatable bonds is 8. The molecular weight excluding hydrogens is 379 g/mol. The summed E-state index contributed by atoms with van der Waals surface area (Å²) in [4.78, 5) is -0.321. The molecule has 8 heteroatoms. The lowest BCUT2D eigenvalue weighted by atomic mass is 10.2. The first-order valence-corrected chi connectivity index (χ1v) is 10.1. The lowest BCUT2D eigenvalue weighted by molar-refractivity contribution is 0.533. The van der Waals surface area contributed by atoms with Crippen molar-refractivity contribution >= 4 is 37.7 Å². The van der Waals surface area contributed by atoms with Crippen molar-refractivity contribution in [3.8, 4) is 0 Å². The summed E-state index contributed by atoms with van der Waals surface area (Å²) in [7, 11) is -2.20. The molecule has 21 heavy (non-hydrogen) atoms. The van der Waals surface area contributed by atoms with Crippen LogP contribution in [0.15, 0.2) is 21.5 Å². The van der Waals surface area contributed by atoms with E-state index in [4.69, 9.17) is 0 Å². The zero-order valence-electron chi connectivity index (χ0n) is 12.2. The predicted molar refractivity (Wildman–Crippen MR) is 89.6 cm³/mol. The van der Waals surface area contributed by atoms with Gasteiger partial charge in [0.05, 0.1) is 0 Å². The molecule has 0 aliphatic rings. The van der Waals surface area contributed by atoms with E-state index in [1.165, 1.54) is 6.07 Å². The van der Waals surface area contributed by atoms with E-state index < -0.39 is 15.8 Å². The number of thioether (sulfide) groups is 1. The van der Waals surface area contributed by atoms with Crippen LogP contribution < -0.4 is 10.0 Å². The smallest absolute Gasteiger partial charge is 0.243 e. The Labute approximate surface area is 138 Å². The molecule has 0 aromatic heterocycles. The van der Waals surface area contributed by atoms with Gasteiger partial charge >= 0.3 is 0 Å². The van der Waals surface area contributed by atoms with Gasteiger partial charge in [-0.2, -0.15) is 11.8 Å². The maximum Gasteiger partial charge on any atom is 0.243 e. The van der Waals surface area contributed by atoms with Crippen molar-refractivity contribution in [2.75, 3.05) is 19.1 Å². The molecule has 0 saturated heterocycles.